The first kappa shape index (κ1) is 14.2. The standard InChI is InChI=1S/C13H18N2O3/c1-13(2,12(14)18)15-8-10-5-3-9(4-6-10)7-11(16)17/h3-6,15H,7-8H2,1-2H3,(H2,14,18)(H,16,17). The number of amides is 1. The van der Waals surface area contributed by atoms with Gasteiger partial charge in [-0.2, -0.15) is 0 Å². The molecule has 18 heavy (non-hydrogen) atoms. The molecule has 1 aromatic rings. The molecule has 1 amide bonds. The number of benzene rings is 1. The number of carboxylic acid groups (broad SMARTS) is 1. The van der Waals surface area contributed by atoms with Crippen LogP contribution in [0.1, 0.15) is 25.0 Å². The highest BCUT2D eigenvalue weighted by atomic mass is 16.4. The van der Waals surface area contributed by atoms with Gasteiger partial charge >= 0.3 is 5.97 Å². The summed E-state index contributed by atoms with van der Waals surface area (Å²) in [6.45, 7) is 3.94. The largest absolute Gasteiger partial charge is 0.481 e. The Morgan fingerprint density at radius 1 is 1.22 bits per heavy atom. The van der Waals surface area contributed by atoms with E-state index < -0.39 is 17.4 Å². The van der Waals surface area contributed by atoms with Gasteiger partial charge in [0.05, 0.1) is 12.0 Å². The molecule has 0 aliphatic carbocycles. The van der Waals surface area contributed by atoms with Crippen LogP contribution in [0.5, 0.6) is 0 Å². The van der Waals surface area contributed by atoms with Crippen molar-refractivity contribution >= 4 is 11.9 Å². The summed E-state index contributed by atoms with van der Waals surface area (Å²) in [5, 5.41) is 11.7. The first-order valence-electron chi connectivity index (χ1n) is 5.66. The van der Waals surface area contributed by atoms with Crippen LogP contribution < -0.4 is 11.1 Å². The minimum atomic E-state index is -0.851. The maximum absolute atomic E-state index is 11.1. The van der Waals surface area contributed by atoms with Gasteiger partial charge in [0.1, 0.15) is 0 Å². The van der Waals surface area contributed by atoms with Crippen LogP contribution in [0.25, 0.3) is 0 Å². The molecule has 1 rings (SSSR count). The highest BCUT2D eigenvalue weighted by molar-refractivity contribution is 5.83. The number of nitrogens with one attached hydrogen (secondary N) is 1. The molecular weight excluding hydrogens is 232 g/mol. The molecule has 5 heteroatoms. The van der Waals surface area contributed by atoms with Crippen LogP contribution in [-0.4, -0.2) is 22.5 Å². The molecule has 0 aliphatic heterocycles. The molecule has 0 spiro atoms. The molecule has 0 aromatic heterocycles. The fourth-order valence-corrected chi connectivity index (χ4v) is 1.36. The lowest BCUT2D eigenvalue weighted by Gasteiger charge is -2.22. The normalized spacial score (nSPS) is 11.2. The van der Waals surface area contributed by atoms with Crippen molar-refractivity contribution < 1.29 is 14.7 Å². The van der Waals surface area contributed by atoms with Crippen molar-refractivity contribution in [3.8, 4) is 0 Å². The van der Waals surface area contributed by atoms with E-state index in [1.807, 2.05) is 12.1 Å². The predicted molar refractivity (Wildman–Crippen MR) is 67.9 cm³/mol. The summed E-state index contributed by atoms with van der Waals surface area (Å²) in [7, 11) is 0. The van der Waals surface area contributed by atoms with E-state index in [-0.39, 0.29) is 6.42 Å². The van der Waals surface area contributed by atoms with Crippen molar-refractivity contribution in [1.82, 2.24) is 5.32 Å². The summed E-state index contributed by atoms with van der Waals surface area (Å²) in [4.78, 5) is 21.6. The summed E-state index contributed by atoms with van der Waals surface area (Å²) < 4.78 is 0. The quantitative estimate of drug-likeness (QED) is 0.691. The second-order valence-corrected chi connectivity index (χ2v) is 4.73. The van der Waals surface area contributed by atoms with E-state index in [1.165, 1.54) is 0 Å². The van der Waals surface area contributed by atoms with E-state index in [0.717, 1.165) is 11.1 Å². The number of carboxylic acids is 1. The smallest absolute Gasteiger partial charge is 0.307 e. The maximum Gasteiger partial charge on any atom is 0.307 e. The Balaban J connectivity index is 2.59. The Morgan fingerprint density at radius 2 is 1.72 bits per heavy atom. The van der Waals surface area contributed by atoms with Gasteiger partial charge in [-0.25, -0.2) is 0 Å². The van der Waals surface area contributed by atoms with Crippen molar-refractivity contribution in [2.45, 2.75) is 32.4 Å². The Bertz CT molecular complexity index is 438. The van der Waals surface area contributed by atoms with Gasteiger partial charge in [-0.3, -0.25) is 14.9 Å². The molecule has 98 valence electrons. The fraction of sp³-hybridized carbons (Fsp3) is 0.385. The second-order valence-electron chi connectivity index (χ2n) is 4.73. The van der Waals surface area contributed by atoms with Gasteiger partial charge in [0.25, 0.3) is 0 Å². The van der Waals surface area contributed by atoms with Crippen LogP contribution in [-0.2, 0) is 22.6 Å². The van der Waals surface area contributed by atoms with E-state index in [2.05, 4.69) is 5.32 Å². The lowest BCUT2D eigenvalue weighted by Crippen LogP contribution is -2.50. The Kier molecular flexibility index (Phi) is 4.44. The SMILES string of the molecule is CC(C)(NCc1ccc(CC(=O)O)cc1)C(N)=O. The average molecular weight is 250 g/mol. The fourth-order valence-electron chi connectivity index (χ4n) is 1.36. The van der Waals surface area contributed by atoms with Crippen molar-refractivity contribution in [1.29, 1.82) is 0 Å². The first-order valence-corrected chi connectivity index (χ1v) is 5.66. The van der Waals surface area contributed by atoms with Crippen molar-refractivity contribution in [2.24, 2.45) is 5.73 Å². The molecule has 0 saturated heterocycles. The summed E-state index contributed by atoms with van der Waals surface area (Å²) in [5.74, 6) is -1.26. The second kappa shape index (κ2) is 5.64. The number of hydrogen-bond donors (Lipinski definition) is 3. The molecule has 0 atom stereocenters. The van der Waals surface area contributed by atoms with Gasteiger partial charge in [0.15, 0.2) is 0 Å². The zero-order valence-electron chi connectivity index (χ0n) is 10.6. The molecule has 5 nitrogen and oxygen atoms in total. The molecule has 0 aliphatic rings. The van der Waals surface area contributed by atoms with E-state index in [1.54, 1.807) is 26.0 Å². The Morgan fingerprint density at radius 3 is 2.17 bits per heavy atom. The van der Waals surface area contributed by atoms with Crippen LogP contribution >= 0.6 is 0 Å². The number of hydrogen-bond acceptors (Lipinski definition) is 3. The zero-order valence-corrected chi connectivity index (χ0v) is 10.6. The third-order valence-corrected chi connectivity index (χ3v) is 2.73. The number of aliphatic carboxylic acids is 1. The van der Waals surface area contributed by atoms with Crippen molar-refractivity contribution in [3.05, 3.63) is 35.4 Å². The van der Waals surface area contributed by atoms with E-state index in [9.17, 15) is 9.59 Å². The van der Waals surface area contributed by atoms with Gasteiger partial charge in [0.2, 0.25) is 5.91 Å². The molecular formula is C13H18N2O3. The molecule has 0 radical (unpaired) electrons. The summed E-state index contributed by atoms with van der Waals surface area (Å²) >= 11 is 0. The number of rotatable bonds is 6. The summed E-state index contributed by atoms with van der Waals surface area (Å²) in [6.07, 6.45) is 0.0144. The third kappa shape index (κ3) is 4.18. The predicted octanol–water partition coefficient (Wildman–Crippen LogP) is 0.667. The molecule has 4 N–H and O–H groups in total. The highest BCUT2D eigenvalue weighted by Crippen LogP contribution is 2.08. The average Bonchev–Trinajstić information content (AvgIpc) is 2.27. The van der Waals surface area contributed by atoms with Gasteiger partial charge in [-0.15, -0.1) is 0 Å². The van der Waals surface area contributed by atoms with Crippen LogP contribution in [0.15, 0.2) is 24.3 Å². The van der Waals surface area contributed by atoms with E-state index in [4.69, 9.17) is 10.8 Å². The van der Waals surface area contributed by atoms with Gasteiger partial charge < -0.3 is 10.8 Å². The Hall–Kier alpha value is -1.88. The van der Waals surface area contributed by atoms with Crippen LogP contribution in [0.4, 0.5) is 0 Å². The number of carbonyl (C=O) groups is 2. The zero-order chi connectivity index (χ0) is 13.8. The first-order chi connectivity index (χ1) is 8.31. The van der Waals surface area contributed by atoms with Gasteiger partial charge in [0, 0.05) is 6.54 Å². The minimum Gasteiger partial charge on any atom is -0.481 e. The topological polar surface area (TPSA) is 92.4 Å². The number of nitrogens with two attached hydrogens (primary N) is 1. The highest BCUT2D eigenvalue weighted by Gasteiger charge is 2.23. The number of carbonyl (C=O) groups excluding carboxylic acids is 1. The molecule has 1 aromatic carbocycles. The lowest BCUT2D eigenvalue weighted by atomic mass is 10.0. The van der Waals surface area contributed by atoms with E-state index in [0.29, 0.717) is 6.54 Å². The molecule has 0 saturated carbocycles. The Labute approximate surface area is 106 Å². The van der Waals surface area contributed by atoms with Crippen molar-refractivity contribution in [2.75, 3.05) is 0 Å². The summed E-state index contributed by atoms with van der Waals surface area (Å²) in [6, 6.07) is 7.20. The molecule has 0 heterocycles. The minimum absolute atomic E-state index is 0.0144. The summed E-state index contributed by atoms with van der Waals surface area (Å²) in [5.41, 5.74) is 6.20. The number of primary amides is 1. The molecule has 0 unspecified atom stereocenters. The van der Waals surface area contributed by atoms with E-state index >= 15 is 0 Å². The van der Waals surface area contributed by atoms with Crippen LogP contribution in [0, 0.1) is 0 Å². The van der Waals surface area contributed by atoms with Gasteiger partial charge in [-0.05, 0) is 25.0 Å². The molecule has 0 fully saturated rings. The third-order valence-electron chi connectivity index (χ3n) is 2.73. The maximum atomic E-state index is 11.1. The van der Waals surface area contributed by atoms with Gasteiger partial charge in [-0.1, -0.05) is 24.3 Å². The van der Waals surface area contributed by atoms with Crippen LogP contribution in [0.3, 0.4) is 0 Å². The monoisotopic (exact) mass is 250 g/mol. The molecule has 0 bridgehead atoms. The van der Waals surface area contributed by atoms with Crippen LogP contribution in [0.2, 0.25) is 0 Å². The van der Waals surface area contributed by atoms with Crippen molar-refractivity contribution in [3.63, 3.8) is 0 Å². The lowest BCUT2D eigenvalue weighted by molar-refractivity contribution is -0.136.